The Morgan fingerprint density at radius 1 is 1.42 bits per heavy atom. The van der Waals surface area contributed by atoms with Crippen molar-refractivity contribution in [3.8, 4) is 0 Å². The molecule has 2 aliphatic rings. The Balaban J connectivity index is 1.83. The summed E-state index contributed by atoms with van der Waals surface area (Å²) >= 11 is 0. The average Bonchev–Trinajstić information content (AvgIpc) is 2.68. The predicted molar refractivity (Wildman–Crippen MR) is 51.0 cm³/mol. The standard InChI is InChI=1S/C10H20N2/c1-9(11)7-12-6-2-3-10(8-12)4-5-10/h9H,2-8,11H2,1H3/t9-/m1/s1. The van der Waals surface area contributed by atoms with Crippen LogP contribution in [0, 0.1) is 5.41 Å². The molecule has 2 N–H and O–H groups in total. The van der Waals surface area contributed by atoms with Crippen molar-refractivity contribution in [1.29, 1.82) is 0 Å². The first-order valence-electron chi connectivity index (χ1n) is 5.18. The molecule has 12 heavy (non-hydrogen) atoms. The maximum absolute atomic E-state index is 5.79. The number of nitrogens with zero attached hydrogens (tertiary/aromatic N) is 1. The van der Waals surface area contributed by atoms with Crippen molar-refractivity contribution >= 4 is 0 Å². The molecule has 1 saturated carbocycles. The van der Waals surface area contributed by atoms with Gasteiger partial charge in [0, 0.05) is 19.1 Å². The number of hydrogen-bond donors (Lipinski definition) is 1. The van der Waals surface area contributed by atoms with Gasteiger partial charge < -0.3 is 10.6 Å². The van der Waals surface area contributed by atoms with Crippen LogP contribution in [0.3, 0.4) is 0 Å². The van der Waals surface area contributed by atoms with Crippen molar-refractivity contribution in [3.63, 3.8) is 0 Å². The number of hydrogen-bond acceptors (Lipinski definition) is 2. The van der Waals surface area contributed by atoms with Gasteiger partial charge in [-0.2, -0.15) is 0 Å². The third kappa shape index (κ3) is 1.80. The molecule has 70 valence electrons. The lowest BCUT2D eigenvalue weighted by atomic mass is 9.95. The molecule has 0 aromatic heterocycles. The van der Waals surface area contributed by atoms with E-state index in [2.05, 4.69) is 11.8 Å². The van der Waals surface area contributed by atoms with Crippen LogP contribution >= 0.6 is 0 Å². The smallest absolute Gasteiger partial charge is 0.0139 e. The molecule has 2 nitrogen and oxygen atoms in total. The van der Waals surface area contributed by atoms with Crippen molar-refractivity contribution in [2.45, 2.75) is 38.6 Å². The van der Waals surface area contributed by atoms with Gasteiger partial charge in [0.2, 0.25) is 0 Å². The van der Waals surface area contributed by atoms with Gasteiger partial charge >= 0.3 is 0 Å². The molecule has 0 aromatic carbocycles. The lowest BCUT2D eigenvalue weighted by Gasteiger charge is -2.33. The largest absolute Gasteiger partial charge is 0.327 e. The zero-order chi connectivity index (χ0) is 8.60. The summed E-state index contributed by atoms with van der Waals surface area (Å²) in [6.45, 7) is 5.81. The van der Waals surface area contributed by atoms with E-state index in [1.54, 1.807) is 0 Å². The van der Waals surface area contributed by atoms with Crippen LogP contribution in [0.15, 0.2) is 0 Å². The maximum Gasteiger partial charge on any atom is 0.0139 e. The normalized spacial score (nSPS) is 30.5. The molecule has 0 unspecified atom stereocenters. The fourth-order valence-electron chi connectivity index (χ4n) is 2.46. The van der Waals surface area contributed by atoms with E-state index >= 15 is 0 Å². The zero-order valence-electron chi connectivity index (χ0n) is 8.05. The molecule has 1 atom stereocenters. The van der Waals surface area contributed by atoms with Crippen LogP contribution in [0.1, 0.15) is 32.6 Å². The van der Waals surface area contributed by atoms with Crippen LogP contribution in [-0.4, -0.2) is 30.6 Å². The van der Waals surface area contributed by atoms with Gasteiger partial charge in [-0.3, -0.25) is 0 Å². The first-order valence-corrected chi connectivity index (χ1v) is 5.18. The van der Waals surface area contributed by atoms with Crippen LogP contribution < -0.4 is 5.73 Å². The second-order valence-electron chi connectivity index (χ2n) is 4.82. The maximum atomic E-state index is 5.79. The molecule has 2 heteroatoms. The van der Waals surface area contributed by atoms with Crippen molar-refractivity contribution in [2.24, 2.45) is 11.1 Å². The highest BCUT2D eigenvalue weighted by molar-refractivity contribution is 4.98. The summed E-state index contributed by atoms with van der Waals surface area (Å²) in [4.78, 5) is 2.56. The van der Waals surface area contributed by atoms with E-state index in [-0.39, 0.29) is 0 Å². The van der Waals surface area contributed by atoms with Gasteiger partial charge in [0.05, 0.1) is 0 Å². The Morgan fingerprint density at radius 3 is 2.75 bits per heavy atom. The van der Waals surface area contributed by atoms with Gasteiger partial charge in [-0.25, -0.2) is 0 Å². The van der Waals surface area contributed by atoms with Crippen LogP contribution in [0.5, 0.6) is 0 Å². The fourth-order valence-corrected chi connectivity index (χ4v) is 2.46. The molecular weight excluding hydrogens is 148 g/mol. The minimum atomic E-state index is 0.346. The monoisotopic (exact) mass is 168 g/mol. The van der Waals surface area contributed by atoms with E-state index in [1.165, 1.54) is 38.8 Å². The molecule has 0 aromatic rings. The average molecular weight is 168 g/mol. The topological polar surface area (TPSA) is 29.3 Å². The summed E-state index contributed by atoms with van der Waals surface area (Å²) in [5, 5.41) is 0. The van der Waals surface area contributed by atoms with Crippen LogP contribution in [-0.2, 0) is 0 Å². The Morgan fingerprint density at radius 2 is 2.17 bits per heavy atom. The Kier molecular flexibility index (Phi) is 2.13. The highest BCUT2D eigenvalue weighted by Crippen LogP contribution is 2.51. The Hall–Kier alpha value is -0.0800. The molecular formula is C10H20N2. The lowest BCUT2D eigenvalue weighted by molar-refractivity contribution is 0.155. The molecule has 1 heterocycles. The minimum absolute atomic E-state index is 0.346. The van der Waals surface area contributed by atoms with E-state index in [0.29, 0.717) is 6.04 Å². The van der Waals surface area contributed by atoms with Crippen molar-refractivity contribution in [2.75, 3.05) is 19.6 Å². The Labute approximate surface area is 75.1 Å². The van der Waals surface area contributed by atoms with E-state index in [9.17, 15) is 0 Å². The number of likely N-dealkylation sites (tertiary alicyclic amines) is 1. The predicted octanol–water partition coefficient (Wildman–Crippen LogP) is 1.21. The molecule has 2 fully saturated rings. The number of piperidine rings is 1. The quantitative estimate of drug-likeness (QED) is 0.671. The summed E-state index contributed by atoms with van der Waals surface area (Å²) in [7, 11) is 0. The highest BCUT2D eigenvalue weighted by Gasteiger charge is 2.45. The van der Waals surface area contributed by atoms with Crippen LogP contribution in [0.2, 0.25) is 0 Å². The first kappa shape index (κ1) is 8.52. The summed E-state index contributed by atoms with van der Waals surface area (Å²) in [5.74, 6) is 0. The third-order valence-electron chi connectivity index (χ3n) is 3.24. The van der Waals surface area contributed by atoms with E-state index in [4.69, 9.17) is 5.73 Å². The van der Waals surface area contributed by atoms with Gasteiger partial charge in [-0.15, -0.1) is 0 Å². The molecule has 0 bridgehead atoms. The molecule has 0 radical (unpaired) electrons. The van der Waals surface area contributed by atoms with Gasteiger partial charge in [-0.1, -0.05) is 0 Å². The second kappa shape index (κ2) is 3.00. The first-order chi connectivity index (χ1) is 5.70. The molecule has 0 amide bonds. The minimum Gasteiger partial charge on any atom is -0.327 e. The summed E-state index contributed by atoms with van der Waals surface area (Å²) in [5.41, 5.74) is 6.55. The van der Waals surface area contributed by atoms with Crippen LogP contribution in [0.25, 0.3) is 0 Å². The molecule has 2 rings (SSSR count). The second-order valence-corrected chi connectivity index (χ2v) is 4.82. The third-order valence-corrected chi connectivity index (χ3v) is 3.24. The van der Waals surface area contributed by atoms with Crippen LogP contribution in [0.4, 0.5) is 0 Å². The molecule has 1 aliphatic carbocycles. The zero-order valence-corrected chi connectivity index (χ0v) is 8.05. The van der Waals surface area contributed by atoms with Crippen molar-refractivity contribution in [1.82, 2.24) is 4.90 Å². The summed E-state index contributed by atoms with van der Waals surface area (Å²) in [6, 6.07) is 0.346. The van der Waals surface area contributed by atoms with E-state index in [0.717, 1.165) is 12.0 Å². The van der Waals surface area contributed by atoms with Crippen molar-refractivity contribution < 1.29 is 0 Å². The molecule has 1 saturated heterocycles. The van der Waals surface area contributed by atoms with E-state index in [1.807, 2.05) is 0 Å². The van der Waals surface area contributed by atoms with Gasteiger partial charge in [0.15, 0.2) is 0 Å². The van der Waals surface area contributed by atoms with Gasteiger partial charge in [-0.05, 0) is 44.6 Å². The number of rotatable bonds is 2. The highest BCUT2D eigenvalue weighted by atomic mass is 15.2. The fraction of sp³-hybridized carbons (Fsp3) is 1.00. The van der Waals surface area contributed by atoms with Gasteiger partial charge in [0.1, 0.15) is 0 Å². The summed E-state index contributed by atoms with van der Waals surface area (Å²) < 4.78 is 0. The van der Waals surface area contributed by atoms with Gasteiger partial charge in [0.25, 0.3) is 0 Å². The SMILES string of the molecule is C[C@@H](N)CN1CCCC2(CC2)C1. The van der Waals surface area contributed by atoms with Crippen molar-refractivity contribution in [3.05, 3.63) is 0 Å². The molecule has 1 spiro atoms. The lowest BCUT2D eigenvalue weighted by Crippen LogP contribution is -2.42. The van der Waals surface area contributed by atoms with E-state index < -0.39 is 0 Å². The number of nitrogens with two attached hydrogens (primary N) is 1. The molecule has 1 aliphatic heterocycles. The summed E-state index contributed by atoms with van der Waals surface area (Å²) in [6.07, 6.45) is 5.82. The Bertz CT molecular complexity index is 161.